The van der Waals surface area contributed by atoms with Gasteiger partial charge in [-0.25, -0.2) is 10.1 Å². The lowest BCUT2D eigenvalue weighted by Crippen LogP contribution is -2.21. The van der Waals surface area contributed by atoms with Crippen LogP contribution in [-0.4, -0.2) is 6.09 Å². The molecule has 18 heavy (non-hydrogen) atoms. The smallest absolute Gasteiger partial charge is 0.410 e. The molecule has 0 saturated carbocycles. The quantitative estimate of drug-likeness (QED) is 0.611. The van der Waals surface area contributed by atoms with E-state index in [0.29, 0.717) is 5.75 Å². The third kappa shape index (κ3) is 3.69. The summed E-state index contributed by atoms with van der Waals surface area (Å²) in [5.74, 6) is 3.28. The Balaban J connectivity index is 1.88. The third-order valence-corrected chi connectivity index (χ3v) is 2.10. The van der Waals surface area contributed by atoms with Crippen molar-refractivity contribution in [1.82, 2.24) is 5.32 Å². The van der Waals surface area contributed by atoms with Crippen LogP contribution in [0.4, 0.5) is 4.79 Å². The summed E-state index contributed by atoms with van der Waals surface area (Å²) >= 11 is 0. The van der Waals surface area contributed by atoms with Gasteiger partial charge in [0.15, 0.2) is 0 Å². The topological polar surface area (TPSA) is 38.3 Å². The maximum absolute atomic E-state index is 11.4. The largest absolute Gasteiger partial charge is 0.424 e. The van der Waals surface area contributed by atoms with E-state index < -0.39 is 6.09 Å². The first-order valence-corrected chi connectivity index (χ1v) is 5.43. The maximum Gasteiger partial charge on any atom is 0.424 e. The summed E-state index contributed by atoms with van der Waals surface area (Å²) in [5, 5.41) is 2.36. The molecule has 0 heterocycles. The highest BCUT2D eigenvalue weighted by molar-refractivity contribution is 5.72. The van der Waals surface area contributed by atoms with E-state index in [2.05, 4.69) is 17.3 Å². The van der Waals surface area contributed by atoms with E-state index in [1.807, 2.05) is 36.4 Å². The van der Waals surface area contributed by atoms with Crippen LogP contribution >= 0.6 is 0 Å². The molecule has 3 nitrogen and oxygen atoms in total. The van der Waals surface area contributed by atoms with E-state index in [4.69, 9.17) is 4.74 Å². The predicted octanol–water partition coefficient (Wildman–Crippen LogP) is 2.78. The molecule has 0 unspecified atom stereocenters. The fourth-order valence-corrected chi connectivity index (χ4v) is 1.30. The van der Waals surface area contributed by atoms with Gasteiger partial charge in [0.25, 0.3) is 0 Å². The number of para-hydroxylation sites is 1. The number of nitrogens with one attached hydrogen (secondary N) is 1. The fraction of sp³-hybridized carbons (Fsp3) is 0. The van der Waals surface area contributed by atoms with Crippen LogP contribution in [0.15, 0.2) is 60.7 Å². The minimum absolute atomic E-state index is 0.483. The van der Waals surface area contributed by atoms with E-state index in [1.165, 1.54) is 0 Å². The van der Waals surface area contributed by atoms with E-state index in [9.17, 15) is 4.79 Å². The summed E-state index contributed by atoms with van der Waals surface area (Å²) in [5.41, 5.74) is 0.831. The number of ether oxygens (including phenoxy) is 1. The number of carbonyl (C=O) groups excluding carboxylic acids is 1. The van der Waals surface area contributed by atoms with Gasteiger partial charge >= 0.3 is 6.09 Å². The van der Waals surface area contributed by atoms with E-state index in [1.54, 1.807) is 24.3 Å². The van der Waals surface area contributed by atoms with Crippen molar-refractivity contribution in [1.29, 1.82) is 0 Å². The van der Waals surface area contributed by atoms with Gasteiger partial charge in [0, 0.05) is 11.6 Å². The second-order valence-electron chi connectivity index (χ2n) is 3.44. The van der Waals surface area contributed by atoms with Crippen molar-refractivity contribution >= 4 is 6.09 Å². The molecule has 2 aromatic rings. The molecule has 1 N–H and O–H groups in total. The van der Waals surface area contributed by atoms with Crippen molar-refractivity contribution in [3.05, 3.63) is 66.2 Å². The third-order valence-electron chi connectivity index (χ3n) is 2.10. The lowest BCUT2D eigenvalue weighted by molar-refractivity contribution is 0.205. The van der Waals surface area contributed by atoms with Crippen molar-refractivity contribution in [2.75, 3.05) is 0 Å². The molecule has 0 fully saturated rings. The number of amides is 1. The van der Waals surface area contributed by atoms with Crippen molar-refractivity contribution in [2.45, 2.75) is 0 Å². The Kier molecular flexibility index (Phi) is 3.99. The van der Waals surface area contributed by atoms with Crippen molar-refractivity contribution in [3.8, 4) is 17.7 Å². The molecule has 2 aromatic carbocycles. The summed E-state index contributed by atoms with van der Waals surface area (Å²) in [6.07, 6.45) is -0.593. The molecule has 0 aliphatic carbocycles. The molecule has 0 aromatic heterocycles. The van der Waals surface area contributed by atoms with Gasteiger partial charge in [-0.2, -0.15) is 0 Å². The SMILES string of the molecule is O=C(NC#Cc1ccccc1)Oc1ccccc1. The Labute approximate surface area is 105 Å². The molecule has 0 bridgehead atoms. The van der Waals surface area contributed by atoms with Gasteiger partial charge in [-0.3, -0.25) is 0 Å². The second kappa shape index (κ2) is 6.12. The van der Waals surface area contributed by atoms with E-state index in [-0.39, 0.29) is 0 Å². The summed E-state index contributed by atoms with van der Waals surface area (Å²) in [6.45, 7) is 0. The number of hydrogen-bond acceptors (Lipinski definition) is 2. The summed E-state index contributed by atoms with van der Waals surface area (Å²) in [7, 11) is 0. The molecule has 0 atom stereocenters. The van der Waals surface area contributed by atoms with Crippen LogP contribution in [0.1, 0.15) is 5.56 Å². The standard InChI is InChI=1S/C15H11NO2/c17-15(18-14-9-5-2-6-10-14)16-12-11-13-7-3-1-4-8-13/h1-10H,(H,16,17). The first kappa shape index (κ1) is 11.7. The van der Waals surface area contributed by atoms with Gasteiger partial charge < -0.3 is 4.74 Å². The van der Waals surface area contributed by atoms with Crippen LogP contribution in [0.5, 0.6) is 5.75 Å². The fourth-order valence-electron chi connectivity index (χ4n) is 1.30. The predicted molar refractivity (Wildman–Crippen MR) is 68.9 cm³/mol. The van der Waals surface area contributed by atoms with Crippen LogP contribution in [0.2, 0.25) is 0 Å². The normalized spacial score (nSPS) is 8.89. The average Bonchev–Trinajstić information content (AvgIpc) is 2.41. The zero-order valence-electron chi connectivity index (χ0n) is 9.59. The lowest BCUT2D eigenvalue weighted by Gasteiger charge is -2.00. The Morgan fingerprint density at radius 1 is 0.944 bits per heavy atom. The van der Waals surface area contributed by atoms with Gasteiger partial charge in [0.05, 0.1) is 0 Å². The molecular weight excluding hydrogens is 226 g/mol. The van der Waals surface area contributed by atoms with Crippen molar-refractivity contribution in [2.24, 2.45) is 0 Å². The number of hydrogen-bond donors (Lipinski definition) is 1. The molecule has 0 saturated heterocycles. The Hall–Kier alpha value is -2.73. The lowest BCUT2D eigenvalue weighted by atomic mass is 10.2. The van der Waals surface area contributed by atoms with Gasteiger partial charge in [-0.05, 0) is 30.2 Å². The Morgan fingerprint density at radius 2 is 1.56 bits per heavy atom. The van der Waals surface area contributed by atoms with Gasteiger partial charge in [-0.1, -0.05) is 36.4 Å². The molecule has 88 valence electrons. The maximum atomic E-state index is 11.4. The van der Waals surface area contributed by atoms with E-state index >= 15 is 0 Å². The highest BCUT2D eigenvalue weighted by atomic mass is 16.5. The van der Waals surface area contributed by atoms with Crippen LogP contribution in [0.25, 0.3) is 0 Å². The number of benzene rings is 2. The van der Waals surface area contributed by atoms with Crippen molar-refractivity contribution in [3.63, 3.8) is 0 Å². The molecule has 3 heteroatoms. The highest BCUT2D eigenvalue weighted by Gasteiger charge is 1.99. The molecule has 0 aliphatic heterocycles. The summed E-state index contributed by atoms with van der Waals surface area (Å²) in [4.78, 5) is 11.4. The number of carbonyl (C=O) groups is 1. The van der Waals surface area contributed by atoms with Gasteiger partial charge in [0.2, 0.25) is 0 Å². The van der Waals surface area contributed by atoms with Gasteiger partial charge in [-0.15, -0.1) is 0 Å². The minimum atomic E-state index is -0.593. The van der Waals surface area contributed by atoms with E-state index in [0.717, 1.165) is 5.56 Å². The van der Waals surface area contributed by atoms with Crippen LogP contribution in [-0.2, 0) is 0 Å². The van der Waals surface area contributed by atoms with Crippen LogP contribution < -0.4 is 10.1 Å². The molecule has 2 rings (SSSR count). The first-order valence-electron chi connectivity index (χ1n) is 5.43. The molecule has 0 spiro atoms. The highest BCUT2D eigenvalue weighted by Crippen LogP contribution is 2.07. The second-order valence-corrected chi connectivity index (χ2v) is 3.44. The zero-order valence-corrected chi connectivity index (χ0v) is 9.59. The summed E-state index contributed by atoms with van der Waals surface area (Å²) < 4.78 is 5.00. The molecule has 0 radical (unpaired) electrons. The molecular formula is C15H11NO2. The number of rotatable bonds is 1. The zero-order chi connectivity index (χ0) is 12.6. The van der Waals surface area contributed by atoms with Crippen LogP contribution in [0.3, 0.4) is 0 Å². The average molecular weight is 237 g/mol. The first-order chi connectivity index (χ1) is 8.84. The van der Waals surface area contributed by atoms with Crippen LogP contribution in [0, 0.1) is 12.0 Å². The van der Waals surface area contributed by atoms with Gasteiger partial charge in [0.1, 0.15) is 5.75 Å². The molecule has 0 aliphatic rings. The monoisotopic (exact) mass is 237 g/mol. The summed E-state index contributed by atoms with van der Waals surface area (Å²) in [6, 6.07) is 20.8. The Bertz CT molecular complexity index is 568. The molecule has 1 amide bonds. The minimum Gasteiger partial charge on any atom is -0.410 e. The Morgan fingerprint density at radius 3 is 2.22 bits per heavy atom. The van der Waals surface area contributed by atoms with Crippen molar-refractivity contribution < 1.29 is 9.53 Å².